The largest absolute Gasteiger partial charge is 0.343 e. The predicted octanol–water partition coefficient (Wildman–Crippen LogP) is 1.39. The van der Waals surface area contributed by atoms with Crippen LogP contribution in [0.4, 0.5) is 10.1 Å². The lowest BCUT2D eigenvalue weighted by molar-refractivity contribution is -0.118. The molecule has 11 heteroatoms. The van der Waals surface area contributed by atoms with Gasteiger partial charge in [-0.1, -0.05) is 5.92 Å². The van der Waals surface area contributed by atoms with Crippen molar-refractivity contribution < 1.29 is 27.2 Å². The van der Waals surface area contributed by atoms with Crippen molar-refractivity contribution in [3.8, 4) is 18.4 Å². The number of aromatic nitrogens is 1. The number of nitrogens with one attached hydrogen (secondary N) is 2. The van der Waals surface area contributed by atoms with Crippen LogP contribution in [0.3, 0.4) is 0 Å². The number of hydrogen-bond acceptors (Lipinski definition) is 6. The summed E-state index contributed by atoms with van der Waals surface area (Å²) >= 11 is 0. The maximum absolute atomic E-state index is 13.6. The van der Waals surface area contributed by atoms with Gasteiger partial charge in [0.2, 0.25) is 0 Å². The average molecular weight is 485 g/mol. The van der Waals surface area contributed by atoms with E-state index in [0.29, 0.717) is 5.69 Å². The average Bonchev–Trinajstić information content (AvgIpc) is 3.20. The van der Waals surface area contributed by atoms with E-state index in [1.807, 2.05) is 0 Å². The number of ketones is 1. The number of sulfone groups is 1. The Morgan fingerprint density at radius 3 is 2.50 bits per heavy atom. The van der Waals surface area contributed by atoms with Crippen LogP contribution in [0, 0.1) is 43.3 Å². The van der Waals surface area contributed by atoms with E-state index >= 15 is 0 Å². The number of amides is 2. The van der Waals surface area contributed by atoms with Gasteiger partial charge in [0.05, 0.1) is 22.6 Å². The summed E-state index contributed by atoms with van der Waals surface area (Å²) in [7, 11) is -1.91. The predicted molar refractivity (Wildman–Crippen MR) is 121 cm³/mol. The van der Waals surface area contributed by atoms with Crippen molar-refractivity contribution in [2.24, 2.45) is 7.05 Å². The number of rotatable bonds is 5. The topological polar surface area (TPSA) is 138 Å². The van der Waals surface area contributed by atoms with Crippen molar-refractivity contribution in [1.29, 1.82) is 5.26 Å². The normalized spacial score (nSPS) is 18.5. The van der Waals surface area contributed by atoms with Gasteiger partial charge in [-0.15, -0.1) is 6.42 Å². The van der Waals surface area contributed by atoms with Crippen molar-refractivity contribution in [3.63, 3.8) is 0 Å². The molecule has 1 fully saturated rings. The Morgan fingerprint density at radius 1 is 1.26 bits per heavy atom. The lowest BCUT2D eigenvalue weighted by Crippen LogP contribution is -2.50. The van der Waals surface area contributed by atoms with Gasteiger partial charge in [-0.2, -0.15) is 5.26 Å². The fourth-order valence-electron chi connectivity index (χ4n) is 4.00. The number of Topliss-reactive ketones (excluding diaryl/α,β-unsaturated/α-hetero) is 1. The second-order valence-corrected chi connectivity index (χ2v) is 10.3. The van der Waals surface area contributed by atoms with E-state index in [1.165, 1.54) is 30.7 Å². The summed E-state index contributed by atoms with van der Waals surface area (Å²) in [6.45, 7) is 3.04. The fraction of sp³-hybridized carbons (Fsp3) is 0.304. The number of carbonyl (C=O) groups excluding carboxylic acids is 3. The molecule has 2 aromatic rings. The minimum Gasteiger partial charge on any atom is -0.343 e. The molecule has 2 heterocycles. The van der Waals surface area contributed by atoms with Gasteiger partial charge in [0.1, 0.15) is 23.1 Å². The number of terminal acetylenes is 1. The third kappa shape index (κ3) is 4.43. The lowest BCUT2D eigenvalue weighted by Gasteiger charge is -2.22. The van der Waals surface area contributed by atoms with Crippen LogP contribution in [0.5, 0.6) is 0 Å². The molecule has 0 unspecified atom stereocenters. The minimum absolute atomic E-state index is 0.00633. The van der Waals surface area contributed by atoms with E-state index in [0.717, 1.165) is 6.07 Å². The molecule has 1 aromatic carbocycles. The Balaban J connectivity index is 1.89. The Hall–Kier alpha value is -3.96. The number of halogens is 1. The van der Waals surface area contributed by atoms with Gasteiger partial charge >= 0.3 is 0 Å². The molecule has 1 atom stereocenters. The highest BCUT2D eigenvalue weighted by Crippen LogP contribution is 2.26. The fourth-order valence-corrected chi connectivity index (χ4v) is 5.85. The quantitative estimate of drug-likeness (QED) is 0.374. The maximum atomic E-state index is 13.6. The molecule has 0 saturated carbocycles. The number of benzene rings is 1. The summed E-state index contributed by atoms with van der Waals surface area (Å²) in [5.41, 5.74) is -0.945. The van der Waals surface area contributed by atoms with Crippen molar-refractivity contribution in [1.82, 2.24) is 9.88 Å². The third-order valence-electron chi connectivity index (χ3n) is 5.86. The van der Waals surface area contributed by atoms with Crippen LogP contribution in [0.1, 0.15) is 44.1 Å². The summed E-state index contributed by atoms with van der Waals surface area (Å²) in [5, 5.41) is 13.9. The van der Waals surface area contributed by atoms with Crippen LogP contribution in [0.25, 0.3) is 0 Å². The first-order chi connectivity index (χ1) is 15.8. The van der Waals surface area contributed by atoms with E-state index < -0.39 is 44.5 Å². The van der Waals surface area contributed by atoms with Crippen molar-refractivity contribution in [2.45, 2.75) is 25.8 Å². The second kappa shape index (κ2) is 8.76. The molecule has 2 N–H and O–H groups in total. The number of hydrogen-bond donors (Lipinski definition) is 2. The standard InChI is InChI=1S/C23H21FN4O5S/c1-5-23(8-9-34(32,33)12-23)27-22(31)20(29)18-13(2)19(28(4)14(18)3)21(30)26-16-6-7-17(24)15(10-16)11-25/h1,6-7,10H,8-9,12H2,2-4H3,(H,26,30)(H,27,31)/t23-/m0/s1. The lowest BCUT2D eigenvalue weighted by atomic mass is 9.98. The van der Waals surface area contributed by atoms with Crippen LogP contribution in [0.2, 0.25) is 0 Å². The molecule has 9 nitrogen and oxygen atoms in total. The van der Waals surface area contributed by atoms with Crippen LogP contribution < -0.4 is 10.6 Å². The molecule has 176 valence electrons. The summed E-state index contributed by atoms with van der Waals surface area (Å²) in [5.74, 6) is -1.77. The molecule has 0 spiro atoms. The zero-order valence-corrected chi connectivity index (χ0v) is 19.5. The molecule has 34 heavy (non-hydrogen) atoms. The summed E-state index contributed by atoms with van der Waals surface area (Å²) in [6, 6.07) is 5.18. The number of nitrogens with zero attached hydrogens (tertiary/aromatic N) is 2. The van der Waals surface area contributed by atoms with Gasteiger partial charge in [0.15, 0.2) is 9.84 Å². The highest BCUT2D eigenvalue weighted by molar-refractivity contribution is 7.91. The zero-order valence-electron chi connectivity index (χ0n) is 18.7. The van der Waals surface area contributed by atoms with Gasteiger partial charge in [-0.05, 0) is 44.0 Å². The molecule has 1 aliphatic rings. The van der Waals surface area contributed by atoms with Gasteiger partial charge in [0.25, 0.3) is 17.6 Å². The van der Waals surface area contributed by atoms with E-state index in [2.05, 4.69) is 16.6 Å². The van der Waals surface area contributed by atoms with Gasteiger partial charge in [-0.25, -0.2) is 12.8 Å². The Labute approximate surface area is 195 Å². The van der Waals surface area contributed by atoms with Gasteiger partial charge < -0.3 is 15.2 Å². The van der Waals surface area contributed by atoms with E-state index in [4.69, 9.17) is 11.7 Å². The molecule has 1 aromatic heterocycles. The number of nitriles is 1. The smallest absolute Gasteiger partial charge is 0.293 e. The molecule has 1 aliphatic heterocycles. The van der Waals surface area contributed by atoms with E-state index in [9.17, 15) is 27.2 Å². The third-order valence-corrected chi connectivity index (χ3v) is 7.62. The van der Waals surface area contributed by atoms with Crippen molar-refractivity contribution >= 4 is 33.1 Å². The number of anilines is 1. The minimum atomic E-state index is -3.44. The second-order valence-electron chi connectivity index (χ2n) is 8.11. The first-order valence-electron chi connectivity index (χ1n) is 10.1. The zero-order chi connectivity index (χ0) is 25.4. The summed E-state index contributed by atoms with van der Waals surface area (Å²) in [4.78, 5) is 38.7. The molecule has 2 amide bonds. The van der Waals surface area contributed by atoms with Gasteiger partial charge in [0, 0.05) is 18.4 Å². The van der Waals surface area contributed by atoms with Crippen LogP contribution in [0.15, 0.2) is 18.2 Å². The molecule has 1 saturated heterocycles. The van der Waals surface area contributed by atoms with E-state index in [1.54, 1.807) is 13.0 Å². The molecule has 3 rings (SSSR count). The molecule has 0 aliphatic carbocycles. The molecular weight excluding hydrogens is 463 g/mol. The van der Waals surface area contributed by atoms with Crippen LogP contribution in [-0.2, 0) is 21.7 Å². The Kier molecular flexibility index (Phi) is 6.36. The van der Waals surface area contributed by atoms with Crippen molar-refractivity contribution in [2.75, 3.05) is 16.8 Å². The van der Waals surface area contributed by atoms with Crippen LogP contribution >= 0.6 is 0 Å². The van der Waals surface area contributed by atoms with E-state index in [-0.39, 0.29) is 40.2 Å². The SMILES string of the molecule is C#C[C@]1(NC(=O)C(=O)c2c(C)c(C(=O)Nc3ccc(F)c(C#N)c3)n(C)c2C)CCS(=O)(=O)C1. The number of carbonyl (C=O) groups is 3. The molecular formula is C23H21FN4O5S. The van der Waals surface area contributed by atoms with Crippen LogP contribution in [-0.4, -0.2) is 47.6 Å². The first-order valence-corrected chi connectivity index (χ1v) is 11.9. The molecule has 0 bridgehead atoms. The monoisotopic (exact) mass is 484 g/mol. The highest BCUT2D eigenvalue weighted by Gasteiger charge is 2.43. The van der Waals surface area contributed by atoms with Crippen molar-refractivity contribution in [3.05, 3.63) is 52.1 Å². The summed E-state index contributed by atoms with van der Waals surface area (Å²) in [6.07, 6.45) is 5.46. The Bertz CT molecular complexity index is 1430. The maximum Gasteiger partial charge on any atom is 0.293 e. The first kappa shape index (κ1) is 24.7. The highest BCUT2D eigenvalue weighted by atomic mass is 32.2. The Morgan fingerprint density at radius 2 is 1.94 bits per heavy atom. The van der Waals surface area contributed by atoms with Gasteiger partial charge in [-0.3, -0.25) is 14.4 Å². The molecule has 0 radical (unpaired) electrons. The summed E-state index contributed by atoms with van der Waals surface area (Å²) < 4.78 is 38.7.